The van der Waals surface area contributed by atoms with Crippen LogP contribution in [0.5, 0.6) is 0 Å². The van der Waals surface area contributed by atoms with Crippen LogP contribution in [0.3, 0.4) is 0 Å². The Morgan fingerprint density at radius 1 is 1.14 bits per heavy atom. The lowest BCUT2D eigenvalue weighted by atomic mass is 10.1. The van der Waals surface area contributed by atoms with E-state index < -0.39 is 0 Å². The maximum absolute atomic E-state index is 12.4. The Kier molecular flexibility index (Phi) is 6.44. The van der Waals surface area contributed by atoms with Crippen molar-refractivity contribution in [2.45, 2.75) is 33.7 Å². The number of anilines is 1. The summed E-state index contributed by atoms with van der Waals surface area (Å²) in [6.07, 6.45) is 3.53. The van der Waals surface area contributed by atoms with Crippen LogP contribution in [0.2, 0.25) is 0 Å². The summed E-state index contributed by atoms with van der Waals surface area (Å²) < 4.78 is 7.20. The number of aromatic nitrogens is 2. The lowest BCUT2D eigenvalue weighted by molar-refractivity contribution is -0.116. The van der Waals surface area contributed by atoms with Gasteiger partial charge in [0.25, 0.3) is 0 Å². The van der Waals surface area contributed by atoms with Gasteiger partial charge in [0.05, 0.1) is 24.1 Å². The molecule has 3 aromatic rings. The van der Waals surface area contributed by atoms with Gasteiger partial charge in [-0.05, 0) is 44.5 Å². The minimum atomic E-state index is -0.350. The molecular formula is C23H25N3O3. The fourth-order valence-corrected chi connectivity index (χ4v) is 3.19. The Balaban J connectivity index is 1.86. The molecule has 0 aliphatic rings. The van der Waals surface area contributed by atoms with Crippen molar-refractivity contribution in [3.05, 3.63) is 71.7 Å². The Morgan fingerprint density at radius 2 is 1.90 bits per heavy atom. The van der Waals surface area contributed by atoms with Crippen LogP contribution in [-0.2, 0) is 16.1 Å². The molecule has 0 fully saturated rings. The van der Waals surface area contributed by atoms with Crippen LogP contribution in [-0.4, -0.2) is 28.0 Å². The first-order valence-electron chi connectivity index (χ1n) is 9.63. The molecule has 0 atom stereocenters. The molecule has 0 spiro atoms. The Labute approximate surface area is 170 Å². The largest absolute Gasteiger partial charge is 0.462 e. The third-order valence-corrected chi connectivity index (χ3v) is 4.72. The fraction of sp³-hybridized carbons (Fsp3) is 0.261. The molecule has 0 bridgehead atoms. The highest BCUT2D eigenvalue weighted by Gasteiger charge is 2.20. The monoisotopic (exact) mass is 391 g/mol. The molecular weight excluding hydrogens is 366 g/mol. The second kappa shape index (κ2) is 9.19. The van der Waals surface area contributed by atoms with E-state index in [0.717, 1.165) is 22.5 Å². The quantitative estimate of drug-likeness (QED) is 0.607. The molecule has 29 heavy (non-hydrogen) atoms. The molecule has 0 aliphatic heterocycles. The second-order valence-corrected chi connectivity index (χ2v) is 6.81. The van der Waals surface area contributed by atoms with Crippen molar-refractivity contribution in [1.29, 1.82) is 0 Å². The zero-order valence-corrected chi connectivity index (χ0v) is 16.9. The van der Waals surface area contributed by atoms with Gasteiger partial charge >= 0.3 is 5.97 Å². The minimum Gasteiger partial charge on any atom is -0.462 e. The van der Waals surface area contributed by atoms with Gasteiger partial charge in [-0.2, -0.15) is 0 Å². The third-order valence-electron chi connectivity index (χ3n) is 4.72. The molecule has 150 valence electrons. The predicted molar refractivity (Wildman–Crippen MR) is 113 cm³/mol. The highest BCUT2D eigenvalue weighted by molar-refractivity contribution is 5.93. The van der Waals surface area contributed by atoms with E-state index in [0.29, 0.717) is 24.4 Å². The van der Waals surface area contributed by atoms with Crippen molar-refractivity contribution < 1.29 is 14.3 Å². The molecule has 2 aromatic heterocycles. The number of nitrogens with one attached hydrogen (secondary N) is 1. The number of nitrogens with zero attached hydrogens (tertiary/aromatic N) is 2. The van der Waals surface area contributed by atoms with Crippen molar-refractivity contribution >= 4 is 17.6 Å². The average Bonchev–Trinajstić information content (AvgIpc) is 3.04. The maximum atomic E-state index is 12.4. The van der Waals surface area contributed by atoms with E-state index in [4.69, 9.17) is 4.74 Å². The number of hydrogen-bond donors (Lipinski definition) is 1. The van der Waals surface area contributed by atoms with Crippen LogP contribution in [0.25, 0.3) is 11.3 Å². The standard InChI is InChI=1S/C23H25N3O3/c1-4-29-23(28)20-14-21(18-9-7-16(2)8-10-18)26(17(20)3)13-11-22(27)25-19-6-5-12-24-15-19/h5-10,12,14-15H,4,11,13H2,1-3H3,(H,25,27). The van der Waals surface area contributed by atoms with E-state index >= 15 is 0 Å². The van der Waals surface area contributed by atoms with E-state index in [1.165, 1.54) is 0 Å². The van der Waals surface area contributed by atoms with Crippen LogP contribution in [0, 0.1) is 13.8 Å². The lowest BCUT2D eigenvalue weighted by Gasteiger charge is -2.12. The second-order valence-electron chi connectivity index (χ2n) is 6.81. The molecule has 6 nitrogen and oxygen atoms in total. The number of pyridine rings is 1. The van der Waals surface area contributed by atoms with Crippen LogP contribution in [0.1, 0.15) is 35.0 Å². The number of carbonyl (C=O) groups excluding carboxylic acids is 2. The van der Waals surface area contributed by atoms with Crippen molar-refractivity contribution in [3.8, 4) is 11.3 Å². The van der Waals surface area contributed by atoms with Gasteiger partial charge < -0.3 is 14.6 Å². The molecule has 1 amide bonds. The molecule has 1 N–H and O–H groups in total. The Morgan fingerprint density at radius 3 is 2.55 bits per heavy atom. The highest BCUT2D eigenvalue weighted by Crippen LogP contribution is 2.27. The van der Waals surface area contributed by atoms with Gasteiger partial charge in [-0.25, -0.2) is 4.79 Å². The third kappa shape index (κ3) is 4.90. The average molecular weight is 391 g/mol. The molecule has 0 aliphatic carbocycles. The summed E-state index contributed by atoms with van der Waals surface area (Å²) in [5.74, 6) is -0.462. The summed E-state index contributed by atoms with van der Waals surface area (Å²) in [5.41, 5.74) is 5.00. The van der Waals surface area contributed by atoms with E-state index in [1.54, 1.807) is 31.5 Å². The number of aryl methyl sites for hydroxylation is 1. The normalized spacial score (nSPS) is 10.6. The molecule has 3 rings (SSSR count). The van der Waals surface area contributed by atoms with Crippen LogP contribution < -0.4 is 5.32 Å². The highest BCUT2D eigenvalue weighted by atomic mass is 16.5. The Hall–Kier alpha value is -3.41. The zero-order valence-electron chi connectivity index (χ0n) is 16.9. The summed E-state index contributed by atoms with van der Waals surface area (Å²) in [7, 11) is 0. The summed E-state index contributed by atoms with van der Waals surface area (Å²) in [4.78, 5) is 28.8. The summed E-state index contributed by atoms with van der Waals surface area (Å²) >= 11 is 0. The fourth-order valence-electron chi connectivity index (χ4n) is 3.19. The zero-order chi connectivity index (χ0) is 20.8. The van der Waals surface area contributed by atoms with E-state index in [-0.39, 0.29) is 18.3 Å². The first kappa shape index (κ1) is 20.3. The maximum Gasteiger partial charge on any atom is 0.339 e. The van der Waals surface area contributed by atoms with Gasteiger partial charge in [-0.1, -0.05) is 29.8 Å². The van der Waals surface area contributed by atoms with Crippen molar-refractivity contribution in [1.82, 2.24) is 9.55 Å². The molecule has 0 saturated heterocycles. The number of amides is 1. The molecule has 0 unspecified atom stereocenters. The van der Waals surface area contributed by atoms with Gasteiger partial charge in [-0.3, -0.25) is 9.78 Å². The number of ether oxygens (including phenoxy) is 1. The van der Waals surface area contributed by atoms with Gasteiger partial charge in [-0.15, -0.1) is 0 Å². The number of esters is 1. The molecule has 6 heteroatoms. The minimum absolute atomic E-state index is 0.112. The molecule has 0 saturated carbocycles. The van der Waals surface area contributed by atoms with Crippen LogP contribution in [0.15, 0.2) is 54.9 Å². The van der Waals surface area contributed by atoms with Crippen LogP contribution >= 0.6 is 0 Å². The van der Waals surface area contributed by atoms with Crippen molar-refractivity contribution in [2.24, 2.45) is 0 Å². The van der Waals surface area contributed by atoms with E-state index in [9.17, 15) is 9.59 Å². The van der Waals surface area contributed by atoms with Gasteiger partial charge in [0.1, 0.15) is 0 Å². The topological polar surface area (TPSA) is 73.2 Å². The van der Waals surface area contributed by atoms with Crippen LogP contribution in [0.4, 0.5) is 5.69 Å². The van der Waals surface area contributed by atoms with Gasteiger partial charge in [0, 0.05) is 30.6 Å². The van der Waals surface area contributed by atoms with Gasteiger partial charge in [0.15, 0.2) is 0 Å². The summed E-state index contributed by atoms with van der Waals surface area (Å²) in [6.45, 7) is 6.45. The Bertz CT molecular complexity index is 992. The summed E-state index contributed by atoms with van der Waals surface area (Å²) in [6, 6.07) is 13.5. The molecule has 1 aromatic carbocycles. The number of hydrogen-bond acceptors (Lipinski definition) is 4. The van der Waals surface area contributed by atoms with E-state index in [1.807, 2.05) is 48.7 Å². The van der Waals surface area contributed by atoms with Crippen molar-refractivity contribution in [2.75, 3.05) is 11.9 Å². The summed E-state index contributed by atoms with van der Waals surface area (Å²) in [5, 5.41) is 2.84. The van der Waals surface area contributed by atoms with E-state index in [2.05, 4.69) is 10.3 Å². The van der Waals surface area contributed by atoms with Gasteiger partial charge in [0.2, 0.25) is 5.91 Å². The number of rotatable bonds is 7. The SMILES string of the molecule is CCOC(=O)c1cc(-c2ccc(C)cc2)n(CCC(=O)Nc2cccnc2)c1C. The lowest BCUT2D eigenvalue weighted by Crippen LogP contribution is -2.16. The molecule has 2 heterocycles. The number of benzene rings is 1. The first-order chi connectivity index (χ1) is 14.0. The van der Waals surface area contributed by atoms with Crippen molar-refractivity contribution in [3.63, 3.8) is 0 Å². The molecule has 0 radical (unpaired) electrons. The smallest absolute Gasteiger partial charge is 0.339 e. The number of carbonyl (C=O) groups is 2. The predicted octanol–water partition coefficient (Wildman–Crippen LogP) is 4.37. The first-order valence-corrected chi connectivity index (χ1v) is 9.63.